The highest BCUT2D eigenvalue weighted by molar-refractivity contribution is 6.19. The van der Waals surface area contributed by atoms with Crippen LogP contribution in [0.5, 0.6) is 0 Å². The molecule has 11 rings (SSSR count). The first kappa shape index (κ1) is 35.4. The van der Waals surface area contributed by atoms with E-state index in [2.05, 4.69) is 192 Å². The Hall–Kier alpha value is -7.75. The summed E-state index contributed by atoms with van der Waals surface area (Å²) >= 11 is 0. The van der Waals surface area contributed by atoms with Gasteiger partial charge in [-0.15, -0.1) is 0 Å². The third-order valence-corrected chi connectivity index (χ3v) is 12.1. The zero-order valence-corrected chi connectivity index (χ0v) is 33.1. The molecular weight excluding hydrogens is 732 g/mol. The molecule has 0 bridgehead atoms. The number of aromatic nitrogens is 2. The molecule has 0 atom stereocenters. The SMILES string of the molecule is C=C/C(=C\C=C/C)c1c2ccccc2c(-c2ccc(-n3c4ccc(F)cc4c4cc(-c5ccc(-n6c7ccccc7c7ccccc76)cc5)ccc43)cc2)c2ccccc12. The fourth-order valence-electron chi connectivity index (χ4n) is 9.44. The Morgan fingerprint density at radius 1 is 0.450 bits per heavy atom. The Labute approximate surface area is 347 Å². The van der Waals surface area contributed by atoms with Crippen molar-refractivity contribution in [2.75, 3.05) is 0 Å². The highest BCUT2D eigenvalue weighted by Crippen LogP contribution is 2.43. The smallest absolute Gasteiger partial charge is 0.123 e. The maximum Gasteiger partial charge on any atom is 0.123 e. The summed E-state index contributed by atoms with van der Waals surface area (Å²) in [4.78, 5) is 0. The number of rotatable bonds is 7. The summed E-state index contributed by atoms with van der Waals surface area (Å²) in [6.07, 6.45) is 8.21. The molecule has 0 aliphatic heterocycles. The Balaban J connectivity index is 1.02. The molecule has 2 aromatic heterocycles. The lowest BCUT2D eigenvalue weighted by Crippen LogP contribution is -1.95. The van der Waals surface area contributed by atoms with Gasteiger partial charge in [0, 0.05) is 32.9 Å². The van der Waals surface area contributed by atoms with Crippen molar-refractivity contribution in [2.24, 2.45) is 0 Å². The largest absolute Gasteiger partial charge is 0.309 e. The summed E-state index contributed by atoms with van der Waals surface area (Å²) in [5.41, 5.74) is 13.3. The van der Waals surface area contributed by atoms with Gasteiger partial charge in [0.1, 0.15) is 5.82 Å². The minimum atomic E-state index is -0.250. The Kier molecular flexibility index (Phi) is 8.42. The molecule has 0 aliphatic carbocycles. The molecule has 284 valence electrons. The lowest BCUT2D eigenvalue weighted by molar-refractivity contribution is 0.629. The van der Waals surface area contributed by atoms with Gasteiger partial charge < -0.3 is 9.13 Å². The monoisotopic (exact) mass is 770 g/mol. The van der Waals surface area contributed by atoms with Crippen LogP contribution in [-0.4, -0.2) is 9.13 Å². The van der Waals surface area contributed by atoms with Crippen molar-refractivity contribution in [1.29, 1.82) is 0 Å². The quantitative estimate of drug-likeness (QED) is 0.113. The third-order valence-electron chi connectivity index (χ3n) is 12.1. The lowest BCUT2D eigenvalue weighted by Gasteiger charge is -2.18. The summed E-state index contributed by atoms with van der Waals surface area (Å²) < 4.78 is 19.6. The predicted octanol–water partition coefficient (Wildman–Crippen LogP) is 15.8. The fourth-order valence-corrected chi connectivity index (χ4v) is 9.44. The van der Waals surface area contributed by atoms with Crippen LogP contribution in [0.3, 0.4) is 0 Å². The second-order valence-electron chi connectivity index (χ2n) is 15.4. The minimum Gasteiger partial charge on any atom is -0.309 e. The van der Waals surface area contributed by atoms with Crippen molar-refractivity contribution in [2.45, 2.75) is 6.92 Å². The van der Waals surface area contributed by atoms with Crippen molar-refractivity contribution < 1.29 is 4.39 Å². The van der Waals surface area contributed by atoms with Gasteiger partial charge in [0.05, 0.1) is 22.1 Å². The summed E-state index contributed by atoms with van der Waals surface area (Å²) in [5.74, 6) is -0.250. The second kappa shape index (κ2) is 14.3. The molecule has 0 saturated heterocycles. The molecule has 0 radical (unpaired) electrons. The molecule has 2 nitrogen and oxygen atoms in total. The Morgan fingerprint density at radius 2 is 0.900 bits per heavy atom. The van der Waals surface area contributed by atoms with Crippen LogP contribution in [-0.2, 0) is 0 Å². The van der Waals surface area contributed by atoms with Gasteiger partial charge in [-0.05, 0) is 129 Å². The molecule has 0 saturated carbocycles. The van der Waals surface area contributed by atoms with E-state index in [0.717, 1.165) is 55.4 Å². The van der Waals surface area contributed by atoms with Gasteiger partial charge in [0.2, 0.25) is 0 Å². The number of fused-ring (bicyclic) bond motifs is 8. The average molecular weight is 771 g/mol. The van der Waals surface area contributed by atoms with Crippen LogP contribution >= 0.6 is 0 Å². The first-order chi connectivity index (χ1) is 29.6. The fraction of sp³-hybridized carbons (Fsp3) is 0.0175. The van der Waals surface area contributed by atoms with Crippen molar-refractivity contribution >= 4 is 70.7 Å². The van der Waals surface area contributed by atoms with Crippen molar-refractivity contribution in [3.63, 3.8) is 0 Å². The molecule has 0 N–H and O–H groups in total. The number of nitrogens with zero attached hydrogens (tertiary/aromatic N) is 2. The molecule has 0 amide bonds. The van der Waals surface area contributed by atoms with Crippen molar-refractivity contribution in [3.05, 3.63) is 224 Å². The maximum atomic E-state index is 15.0. The number of halogens is 1. The standard InChI is InChI=1S/C57H39FN2/c1-3-5-14-37(4-2)56-46-17-6-8-19-48(46)57(49-20-9-7-18-47(49)56)39-25-31-43(32-26-39)60-54-33-27-40(35-50(54)51-36-41(58)28-34-55(51)60)38-23-29-42(30-24-38)59-52-21-12-10-15-44(52)45-16-11-13-22-53(45)59/h3-36H,2H2,1H3/b5-3-,37-14+. The van der Waals surface area contributed by atoms with E-state index in [1.807, 2.05) is 25.1 Å². The summed E-state index contributed by atoms with van der Waals surface area (Å²) in [6, 6.07) is 63.8. The van der Waals surface area contributed by atoms with Gasteiger partial charge in [0.15, 0.2) is 0 Å². The maximum absolute atomic E-state index is 15.0. The number of benzene rings is 9. The van der Waals surface area contributed by atoms with Crippen LogP contribution in [0.4, 0.5) is 4.39 Å². The van der Waals surface area contributed by atoms with E-state index in [9.17, 15) is 0 Å². The van der Waals surface area contributed by atoms with E-state index in [1.165, 1.54) is 54.5 Å². The van der Waals surface area contributed by atoms with Crippen LogP contribution in [0, 0.1) is 5.82 Å². The van der Waals surface area contributed by atoms with Crippen LogP contribution in [0.25, 0.3) is 104 Å². The highest BCUT2D eigenvalue weighted by atomic mass is 19.1. The molecule has 3 heteroatoms. The van der Waals surface area contributed by atoms with E-state index >= 15 is 4.39 Å². The summed E-state index contributed by atoms with van der Waals surface area (Å²) in [5, 5.41) is 9.13. The zero-order valence-electron chi connectivity index (χ0n) is 33.1. The molecular formula is C57H39FN2. The van der Waals surface area contributed by atoms with Gasteiger partial charge in [-0.25, -0.2) is 4.39 Å². The third kappa shape index (κ3) is 5.55. The average Bonchev–Trinajstić information content (AvgIpc) is 3.81. The molecule has 60 heavy (non-hydrogen) atoms. The van der Waals surface area contributed by atoms with Crippen molar-refractivity contribution in [1.82, 2.24) is 9.13 Å². The molecule has 0 unspecified atom stereocenters. The molecule has 0 aliphatic rings. The number of hydrogen-bond acceptors (Lipinski definition) is 0. The van der Waals surface area contributed by atoms with E-state index in [0.29, 0.717) is 0 Å². The molecule has 0 fully saturated rings. The number of para-hydroxylation sites is 2. The van der Waals surface area contributed by atoms with Crippen LogP contribution < -0.4 is 0 Å². The second-order valence-corrected chi connectivity index (χ2v) is 15.4. The minimum absolute atomic E-state index is 0.250. The Bertz CT molecular complexity index is 3450. The van der Waals surface area contributed by atoms with Gasteiger partial charge in [-0.3, -0.25) is 0 Å². The number of allylic oxidation sites excluding steroid dienone is 5. The first-order valence-electron chi connectivity index (χ1n) is 20.4. The van der Waals surface area contributed by atoms with Gasteiger partial charge in [-0.1, -0.05) is 146 Å². The van der Waals surface area contributed by atoms with Crippen LogP contribution in [0.1, 0.15) is 12.5 Å². The van der Waals surface area contributed by atoms with Gasteiger partial charge in [0.25, 0.3) is 0 Å². The molecule has 11 aromatic rings. The van der Waals surface area contributed by atoms with E-state index in [-0.39, 0.29) is 5.82 Å². The summed E-state index contributed by atoms with van der Waals surface area (Å²) in [7, 11) is 0. The normalized spacial score (nSPS) is 12.3. The lowest BCUT2D eigenvalue weighted by atomic mass is 9.85. The van der Waals surface area contributed by atoms with E-state index in [4.69, 9.17) is 0 Å². The number of hydrogen-bond donors (Lipinski definition) is 0. The van der Waals surface area contributed by atoms with Crippen LogP contribution in [0.2, 0.25) is 0 Å². The zero-order chi connectivity index (χ0) is 40.3. The Morgan fingerprint density at radius 3 is 1.45 bits per heavy atom. The molecule has 0 spiro atoms. The van der Waals surface area contributed by atoms with Crippen molar-refractivity contribution in [3.8, 4) is 33.6 Å². The van der Waals surface area contributed by atoms with Crippen LogP contribution in [0.15, 0.2) is 213 Å². The van der Waals surface area contributed by atoms with Gasteiger partial charge >= 0.3 is 0 Å². The highest BCUT2D eigenvalue weighted by Gasteiger charge is 2.19. The van der Waals surface area contributed by atoms with E-state index < -0.39 is 0 Å². The first-order valence-corrected chi connectivity index (χ1v) is 20.4. The molecule has 9 aromatic carbocycles. The topological polar surface area (TPSA) is 9.86 Å². The van der Waals surface area contributed by atoms with E-state index in [1.54, 1.807) is 12.1 Å². The van der Waals surface area contributed by atoms with Gasteiger partial charge in [-0.2, -0.15) is 0 Å². The summed E-state index contributed by atoms with van der Waals surface area (Å²) in [6.45, 7) is 6.22. The molecule has 2 heterocycles. The predicted molar refractivity (Wildman–Crippen MR) is 254 cm³/mol.